The molecule has 2 N–H and O–H groups in total. The van der Waals surface area contributed by atoms with E-state index < -0.39 is 11.7 Å². The minimum atomic E-state index is -4.31. The third-order valence-corrected chi connectivity index (χ3v) is 3.66. The standard InChI is InChI=1S/C13H13F3N2/c14-13(15,16)10-3-1-2-8-6-11-9(7-17)4-5-18(11)12(8)10/h1-3,6,9H,4-5,7,17H2. The van der Waals surface area contributed by atoms with Crippen LogP contribution in [0.5, 0.6) is 0 Å². The average Bonchev–Trinajstić information content (AvgIpc) is 2.84. The third-order valence-electron chi connectivity index (χ3n) is 3.66. The van der Waals surface area contributed by atoms with Gasteiger partial charge in [0.1, 0.15) is 0 Å². The van der Waals surface area contributed by atoms with Gasteiger partial charge < -0.3 is 10.3 Å². The zero-order valence-electron chi connectivity index (χ0n) is 9.67. The maximum absolute atomic E-state index is 13.0. The summed E-state index contributed by atoms with van der Waals surface area (Å²) in [5.74, 6) is 0.179. The van der Waals surface area contributed by atoms with Crippen molar-refractivity contribution in [3.8, 4) is 0 Å². The summed E-state index contributed by atoms with van der Waals surface area (Å²) in [6.45, 7) is 1.10. The summed E-state index contributed by atoms with van der Waals surface area (Å²) in [6, 6.07) is 6.17. The van der Waals surface area contributed by atoms with Crippen molar-refractivity contribution in [1.29, 1.82) is 0 Å². The molecule has 0 saturated carbocycles. The summed E-state index contributed by atoms with van der Waals surface area (Å²) >= 11 is 0. The smallest absolute Gasteiger partial charge is 0.344 e. The Morgan fingerprint density at radius 2 is 2.11 bits per heavy atom. The molecular weight excluding hydrogens is 241 g/mol. The maximum Gasteiger partial charge on any atom is 0.418 e. The number of para-hydroxylation sites is 1. The Morgan fingerprint density at radius 1 is 1.33 bits per heavy atom. The molecule has 18 heavy (non-hydrogen) atoms. The normalized spacial score (nSPS) is 19.4. The monoisotopic (exact) mass is 254 g/mol. The van der Waals surface area contributed by atoms with Gasteiger partial charge in [0.25, 0.3) is 0 Å². The second kappa shape index (κ2) is 3.75. The predicted molar refractivity (Wildman–Crippen MR) is 63.4 cm³/mol. The lowest BCUT2D eigenvalue weighted by atomic mass is 10.0. The molecule has 1 unspecified atom stereocenters. The van der Waals surface area contributed by atoms with Crippen LogP contribution in [0.4, 0.5) is 13.2 Å². The largest absolute Gasteiger partial charge is 0.418 e. The first-order valence-corrected chi connectivity index (χ1v) is 5.92. The van der Waals surface area contributed by atoms with E-state index >= 15 is 0 Å². The van der Waals surface area contributed by atoms with E-state index in [9.17, 15) is 13.2 Å². The molecule has 96 valence electrons. The number of aryl methyl sites for hydroxylation is 1. The van der Waals surface area contributed by atoms with Gasteiger partial charge in [-0.1, -0.05) is 12.1 Å². The number of nitrogens with two attached hydrogens (primary N) is 1. The van der Waals surface area contributed by atoms with Gasteiger partial charge in [0.15, 0.2) is 0 Å². The zero-order valence-corrected chi connectivity index (χ0v) is 9.67. The topological polar surface area (TPSA) is 30.9 Å². The molecule has 1 aliphatic rings. The molecular formula is C13H13F3N2. The second-order valence-electron chi connectivity index (χ2n) is 4.68. The highest BCUT2D eigenvalue weighted by molar-refractivity contribution is 5.85. The van der Waals surface area contributed by atoms with Crippen LogP contribution in [-0.2, 0) is 12.7 Å². The van der Waals surface area contributed by atoms with Crippen molar-refractivity contribution in [2.45, 2.75) is 25.1 Å². The molecule has 2 nitrogen and oxygen atoms in total. The Bertz CT molecular complexity index is 598. The third kappa shape index (κ3) is 1.54. The van der Waals surface area contributed by atoms with Crippen LogP contribution >= 0.6 is 0 Å². The first kappa shape index (κ1) is 11.6. The van der Waals surface area contributed by atoms with Crippen molar-refractivity contribution in [2.75, 3.05) is 6.54 Å². The number of hydrogen-bond donors (Lipinski definition) is 1. The first-order chi connectivity index (χ1) is 8.52. The van der Waals surface area contributed by atoms with Gasteiger partial charge in [0, 0.05) is 30.1 Å². The van der Waals surface area contributed by atoms with Gasteiger partial charge in [-0.2, -0.15) is 13.2 Å². The molecule has 0 aliphatic carbocycles. The minimum Gasteiger partial charge on any atom is -0.344 e. The number of rotatable bonds is 1. The average molecular weight is 254 g/mol. The van der Waals surface area contributed by atoms with Crippen molar-refractivity contribution >= 4 is 10.9 Å². The maximum atomic E-state index is 13.0. The van der Waals surface area contributed by atoms with Gasteiger partial charge >= 0.3 is 6.18 Å². The molecule has 0 amide bonds. The lowest BCUT2D eigenvalue weighted by Gasteiger charge is -2.10. The Morgan fingerprint density at radius 3 is 2.78 bits per heavy atom. The van der Waals surface area contributed by atoms with Gasteiger partial charge in [0.2, 0.25) is 0 Å². The van der Waals surface area contributed by atoms with Crippen LogP contribution in [0.2, 0.25) is 0 Å². The molecule has 1 aromatic carbocycles. The SMILES string of the molecule is NCC1CCn2c1cc1cccc(C(F)(F)F)c12. The lowest BCUT2D eigenvalue weighted by Crippen LogP contribution is -2.09. The molecule has 5 heteroatoms. The number of hydrogen-bond acceptors (Lipinski definition) is 1. The van der Waals surface area contributed by atoms with Crippen LogP contribution in [-0.4, -0.2) is 11.1 Å². The summed E-state index contributed by atoms with van der Waals surface area (Å²) in [4.78, 5) is 0. The highest BCUT2D eigenvalue weighted by Gasteiger charge is 2.35. The number of alkyl halides is 3. The summed E-state index contributed by atoms with van der Waals surface area (Å²) < 4.78 is 40.8. The summed E-state index contributed by atoms with van der Waals surface area (Å²) in [5.41, 5.74) is 6.34. The van der Waals surface area contributed by atoms with Crippen molar-refractivity contribution in [2.24, 2.45) is 5.73 Å². The summed E-state index contributed by atoms with van der Waals surface area (Å²) in [5, 5.41) is 0.651. The molecule has 3 rings (SSSR count). The van der Waals surface area contributed by atoms with E-state index in [4.69, 9.17) is 5.73 Å². The Balaban J connectivity index is 2.29. The number of nitrogens with zero attached hydrogens (tertiary/aromatic N) is 1. The first-order valence-electron chi connectivity index (χ1n) is 5.92. The fourth-order valence-corrected chi connectivity index (χ4v) is 2.82. The fourth-order valence-electron chi connectivity index (χ4n) is 2.82. The van der Waals surface area contributed by atoms with Crippen molar-refractivity contribution in [3.63, 3.8) is 0 Å². The molecule has 0 radical (unpaired) electrons. The molecule has 0 fully saturated rings. The van der Waals surface area contributed by atoms with Gasteiger partial charge in [-0.25, -0.2) is 0 Å². The van der Waals surface area contributed by atoms with Gasteiger partial charge in [-0.05, 0) is 18.6 Å². The minimum absolute atomic E-state index is 0.179. The molecule has 1 aromatic heterocycles. The number of halogens is 3. The van der Waals surface area contributed by atoms with Gasteiger partial charge in [-0.15, -0.1) is 0 Å². The van der Waals surface area contributed by atoms with Crippen molar-refractivity contribution in [1.82, 2.24) is 4.57 Å². The van der Waals surface area contributed by atoms with Crippen LogP contribution in [0.15, 0.2) is 24.3 Å². The zero-order chi connectivity index (χ0) is 12.9. The molecule has 0 saturated heterocycles. The van der Waals surface area contributed by atoms with Crippen LogP contribution < -0.4 is 5.73 Å². The molecule has 1 aliphatic heterocycles. The highest BCUT2D eigenvalue weighted by Crippen LogP contribution is 2.40. The summed E-state index contributed by atoms with van der Waals surface area (Å²) in [6.07, 6.45) is -3.48. The van der Waals surface area contributed by atoms with E-state index in [0.29, 0.717) is 24.0 Å². The van der Waals surface area contributed by atoms with Crippen LogP contribution in [0.3, 0.4) is 0 Å². The van der Waals surface area contributed by atoms with E-state index in [-0.39, 0.29) is 5.92 Å². The van der Waals surface area contributed by atoms with Crippen LogP contribution in [0.25, 0.3) is 10.9 Å². The summed E-state index contributed by atoms with van der Waals surface area (Å²) in [7, 11) is 0. The van der Waals surface area contributed by atoms with E-state index in [1.807, 2.05) is 6.07 Å². The molecule has 0 spiro atoms. The molecule has 1 atom stereocenters. The molecule has 2 heterocycles. The van der Waals surface area contributed by atoms with Crippen molar-refractivity contribution < 1.29 is 13.2 Å². The Hall–Kier alpha value is -1.49. The number of fused-ring (bicyclic) bond motifs is 3. The Kier molecular flexibility index (Phi) is 2.41. The van der Waals surface area contributed by atoms with Crippen LogP contribution in [0, 0.1) is 0 Å². The highest BCUT2D eigenvalue weighted by atomic mass is 19.4. The fraction of sp³-hybridized carbons (Fsp3) is 0.385. The van der Waals surface area contributed by atoms with E-state index in [1.165, 1.54) is 6.07 Å². The van der Waals surface area contributed by atoms with E-state index in [2.05, 4.69) is 0 Å². The van der Waals surface area contributed by atoms with Gasteiger partial charge in [-0.3, -0.25) is 0 Å². The molecule has 2 aromatic rings. The number of benzene rings is 1. The quantitative estimate of drug-likeness (QED) is 0.832. The Labute approximate surface area is 102 Å². The van der Waals surface area contributed by atoms with Crippen molar-refractivity contribution in [3.05, 3.63) is 35.5 Å². The second-order valence-corrected chi connectivity index (χ2v) is 4.68. The number of aromatic nitrogens is 1. The van der Waals surface area contributed by atoms with Crippen LogP contribution in [0.1, 0.15) is 23.6 Å². The van der Waals surface area contributed by atoms with E-state index in [0.717, 1.165) is 18.2 Å². The van der Waals surface area contributed by atoms with E-state index in [1.54, 1.807) is 10.6 Å². The van der Waals surface area contributed by atoms with Gasteiger partial charge in [0.05, 0.1) is 11.1 Å². The molecule has 0 bridgehead atoms. The predicted octanol–water partition coefficient (Wildman–Crippen LogP) is 3.11. The lowest BCUT2D eigenvalue weighted by molar-refractivity contribution is -0.136.